The standard InChI is InChI=1S/C7H2N2O2S/c8-3-1-2-6-9-4-5(12-6)7(10)11/h4H,(H,10,11). The summed E-state index contributed by atoms with van der Waals surface area (Å²) in [6, 6.07) is 1.61. The summed E-state index contributed by atoms with van der Waals surface area (Å²) in [5, 5.41) is 16.9. The van der Waals surface area contributed by atoms with E-state index in [1.54, 1.807) is 6.07 Å². The third kappa shape index (κ3) is 1.82. The SMILES string of the molecule is N#CC#Cc1ncc(C(=O)O)s1. The van der Waals surface area contributed by atoms with E-state index in [-0.39, 0.29) is 4.88 Å². The van der Waals surface area contributed by atoms with Crippen LogP contribution in [0.5, 0.6) is 0 Å². The number of hydrogen-bond acceptors (Lipinski definition) is 4. The second-order valence-corrected chi connectivity index (χ2v) is 2.73. The van der Waals surface area contributed by atoms with Gasteiger partial charge in [-0.1, -0.05) is 11.3 Å². The first-order valence-corrected chi connectivity index (χ1v) is 3.65. The van der Waals surface area contributed by atoms with Gasteiger partial charge in [0.2, 0.25) is 0 Å². The number of nitriles is 1. The van der Waals surface area contributed by atoms with Gasteiger partial charge in [-0.3, -0.25) is 0 Å². The molecule has 0 fully saturated rings. The Labute approximate surface area is 72.1 Å². The molecule has 0 saturated carbocycles. The van der Waals surface area contributed by atoms with E-state index in [0.29, 0.717) is 5.01 Å². The lowest BCUT2D eigenvalue weighted by molar-refractivity contribution is 0.0702. The molecule has 0 aliphatic heterocycles. The number of rotatable bonds is 1. The summed E-state index contributed by atoms with van der Waals surface area (Å²) < 4.78 is 0. The van der Waals surface area contributed by atoms with Crippen LogP contribution in [-0.4, -0.2) is 16.1 Å². The van der Waals surface area contributed by atoms with Crippen molar-refractivity contribution in [2.45, 2.75) is 0 Å². The number of aromatic carboxylic acids is 1. The number of aromatic nitrogens is 1. The number of carboxylic acid groups (broad SMARTS) is 1. The van der Waals surface area contributed by atoms with E-state index in [4.69, 9.17) is 10.4 Å². The van der Waals surface area contributed by atoms with Gasteiger partial charge in [0.25, 0.3) is 0 Å². The smallest absolute Gasteiger partial charge is 0.347 e. The summed E-state index contributed by atoms with van der Waals surface area (Å²) in [6.07, 6.45) is 1.22. The Balaban J connectivity index is 2.94. The highest BCUT2D eigenvalue weighted by atomic mass is 32.1. The molecule has 1 N–H and O–H groups in total. The van der Waals surface area contributed by atoms with Gasteiger partial charge in [0.05, 0.1) is 6.20 Å². The molecule has 0 aliphatic carbocycles. The summed E-state index contributed by atoms with van der Waals surface area (Å²) in [5.41, 5.74) is 0. The second kappa shape index (κ2) is 3.51. The molecule has 1 aromatic rings. The lowest BCUT2D eigenvalue weighted by Gasteiger charge is -1.78. The number of carboxylic acids is 1. The van der Waals surface area contributed by atoms with E-state index < -0.39 is 5.97 Å². The summed E-state index contributed by atoms with van der Waals surface area (Å²) in [7, 11) is 0. The van der Waals surface area contributed by atoms with Crippen LogP contribution in [0, 0.1) is 23.2 Å². The van der Waals surface area contributed by atoms with E-state index >= 15 is 0 Å². The minimum Gasteiger partial charge on any atom is -0.477 e. The average molecular weight is 178 g/mol. The van der Waals surface area contributed by atoms with E-state index in [9.17, 15) is 4.79 Å². The minimum atomic E-state index is -1.03. The van der Waals surface area contributed by atoms with Crippen LogP contribution in [0.3, 0.4) is 0 Å². The van der Waals surface area contributed by atoms with Gasteiger partial charge in [-0.25, -0.2) is 9.78 Å². The maximum atomic E-state index is 10.3. The molecule has 12 heavy (non-hydrogen) atoms. The topological polar surface area (TPSA) is 74.0 Å². The van der Waals surface area contributed by atoms with Gasteiger partial charge in [-0.15, -0.1) is 0 Å². The van der Waals surface area contributed by atoms with Gasteiger partial charge < -0.3 is 5.11 Å². The van der Waals surface area contributed by atoms with Crippen molar-refractivity contribution in [3.8, 4) is 17.9 Å². The van der Waals surface area contributed by atoms with Crippen molar-refractivity contribution in [2.24, 2.45) is 0 Å². The molecule has 1 aromatic heterocycles. The molecule has 0 unspecified atom stereocenters. The normalized spacial score (nSPS) is 7.92. The van der Waals surface area contributed by atoms with Gasteiger partial charge in [-0.2, -0.15) is 5.26 Å². The molecule has 0 radical (unpaired) electrons. The van der Waals surface area contributed by atoms with Crippen molar-refractivity contribution in [3.63, 3.8) is 0 Å². The predicted octanol–water partition coefficient (Wildman–Crippen LogP) is 0.716. The maximum Gasteiger partial charge on any atom is 0.347 e. The Morgan fingerprint density at radius 1 is 1.75 bits per heavy atom. The fourth-order valence-corrected chi connectivity index (χ4v) is 1.12. The van der Waals surface area contributed by atoms with E-state index in [1.165, 1.54) is 6.20 Å². The van der Waals surface area contributed by atoms with E-state index in [0.717, 1.165) is 11.3 Å². The predicted molar refractivity (Wildman–Crippen MR) is 41.6 cm³/mol. The largest absolute Gasteiger partial charge is 0.477 e. The molecule has 0 aliphatic rings. The highest BCUT2D eigenvalue weighted by Gasteiger charge is 2.05. The molecule has 0 spiro atoms. The fourth-order valence-electron chi connectivity index (χ4n) is 0.512. The molecule has 58 valence electrons. The minimum absolute atomic E-state index is 0.122. The first kappa shape index (κ1) is 8.25. The highest BCUT2D eigenvalue weighted by molar-refractivity contribution is 7.14. The molecule has 1 heterocycles. The molecular weight excluding hydrogens is 176 g/mol. The Hall–Kier alpha value is -1.85. The number of nitrogens with zero attached hydrogens (tertiary/aromatic N) is 2. The van der Waals surface area contributed by atoms with Crippen LogP contribution in [0.4, 0.5) is 0 Å². The lowest BCUT2D eigenvalue weighted by Crippen LogP contribution is -1.89. The van der Waals surface area contributed by atoms with Crippen LogP contribution in [0.25, 0.3) is 0 Å². The van der Waals surface area contributed by atoms with Crippen molar-refractivity contribution < 1.29 is 9.90 Å². The number of carbonyl (C=O) groups is 1. The Morgan fingerprint density at radius 2 is 2.50 bits per heavy atom. The molecular formula is C7H2N2O2S. The maximum absolute atomic E-state index is 10.3. The molecule has 0 saturated heterocycles. The van der Waals surface area contributed by atoms with Crippen LogP contribution in [-0.2, 0) is 0 Å². The zero-order valence-corrected chi connectivity index (χ0v) is 6.55. The van der Waals surface area contributed by atoms with Gasteiger partial charge in [-0.05, 0) is 5.92 Å². The second-order valence-electron chi connectivity index (χ2n) is 1.70. The average Bonchev–Trinajstić information content (AvgIpc) is 2.48. The lowest BCUT2D eigenvalue weighted by atomic mass is 10.6. The number of thiazole rings is 1. The monoisotopic (exact) mass is 178 g/mol. The summed E-state index contributed by atoms with van der Waals surface area (Å²) >= 11 is 0.946. The van der Waals surface area contributed by atoms with Crippen LogP contribution in [0.15, 0.2) is 6.20 Å². The van der Waals surface area contributed by atoms with Gasteiger partial charge in [0, 0.05) is 5.92 Å². The quantitative estimate of drug-likeness (QED) is 0.643. The zero-order valence-electron chi connectivity index (χ0n) is 5.74. The Bertz CT molecular complexity index is 405. The molecule has 0 aromatic carbocycles. The van der Waals surface area contributed by atoms with Crippen molar-refractivity contribution in [1.29, 1.82) is 5.26 Å². The fraction of sp³-hybridized carbons (Fsp3) is 0. The number of hydrogen-bond donors (Lipinski definition) is 1. The van der Waals surface area contributed by atoms with Crippen LogP contribution >= 0.6 is 11.3 Å². The first-order chi connectivity index (χ1) is 5.74. The molecule has 0 amide bonds. The van der Waals surface area contributed by atoms with Crippen molar-refractivity contribution in [2.75, 3.05) is 0 Å². The summed E-state index contributed by atoms with van der Waals surface area (Å²) in [4.78, 5) is 14.2. The van der Waals surface area contributed by atoms with Crippen molar-refractivity contribution in [1.82, 2.24) is 4.98 Å². The third-order valence-electron chi connectivity index (χ3n) is 0.942. The third-order valence-corrected chi connectivity index (χ3v) is 1.84. The Morgan fingerprint density at radius 3 is 3.00 bits per heavy atom. The summed E-state index contributed by atoms with van der Waals surface area (Å²) in [5.74, 6) is 3.50. The van der Waals surface area contributed by atoms with Gasteiger partial charge >= 0.3 is 5.97 Å². The van der Waals surface area contributed by atoms with Crippen LogP contribution < -0.4 is 0 Å². The van der Waals surface area contributed by atoms with E-state index in [2.05, 4.69) is 16.8 Å². The zero-order chi connectivity index (χ0) is 8.97. The van der Waals surface area contributed by atoms with Crippen molar-refractivity contribution in [3.05, 3.63) is 16.1 Å². The molecule has 4 nitrogen and oxygen atoms in total. The first-order valence-electron chi connectivity index (χ1n) is 2.83. The van der Waals surface area contributed by atoms with Crippen molar-refractivity contribution >= 4 is 17.3 Å². The van der Waals surface area contributed by atoms with Crippen LogP contribution in [0.1, 0.15) is 14.7 Å². The van der Waals surface area contributed by atoms with Gasteiger partial charge in [0.1, 0.15) is 4.88 Å². The molecule has 0 bridgehead atoms. The Kier molecular flexibility index (Phi) is 2.42. The molecule has 1 rings (SSSR count). The molecule has 0 atom stereocenters. The van der Waals surface area contributed by atoms with E-state index in [1.807, 2.05) is 0 Å². The van der Waals surface area contributed by atoms with Gasteiger partial charge in [0.15, 0.2) is 11.1 Å². The molecule has 5 heteroatoms. The summed E-state index contributed by atoms with van der Waals surface area (Å²) in [6.45, 7) is 0. The van der Waals surface area contributed by atoms with Crippen LogP contribution in [0.2, 0.25) is 0 Å². The highest BCUT2D eigenvalue weighted by Crippen LogP contribution is 2.10.